The lowest BCUT2D eigenvalue weighted by Crippen LogP contribution is -2.65. The first-order chi connectivity index (χ1) is 30.3. The molecule has 10 atom stereocenters. The Morgan fingerprint density at radius 2 is 1.77 bits per heavy atom. The zero-order valence-electron chi connectivity index (χ0n) is 38.1. The predicted molar refractivity (Wildman–Crippen MR) is 255 cm³/mol. The standard InChI is InChI=1S/C31H48O6.C18H17Cl3N6/c1-17(2)9-8-10-20(28(35)36)26-22-15-24(34)27-29(5)13-12-23(33)18(3)21(29)11-14-30(27,6)31(22,7)16-25(26)37-19(4)32;19-10-7-11(20)15-13(8-10)25-14(16(15)21)9-22-4-2-6-24-18-26-12-3-1-5-23-17(12)27-18/h9,18,21-25,27,33-34H,8,10-16H2,1-7H3,(H,35,36);1,3,5,7-8,22,25H,2,4,6,9H2,(H2,23,24,26,27)/t18-,21?,22+,23+,24+,25-,27?,29-,30-,31-;/m0./s1. The van der Waals surface area contributed by atoms with Crippen molar-refractivity contribution in [1.82, 2.24) is 25.3 Å². The van der Waals surface area contributed by atoms with Gasteiger partial charge >= 0.3 is 11.9 Å². The van der Waals surface area contributed by atoms with Gasteiger partial charge in [0.15, 0.2) is 5.65 Å². The highest BCUT2D eigenvalue weighted by Crippen LogP contribution is 2.74. The van der Waals surface area contributed by atoms with Crippen LogP contribution in [0.5, 0.6) is 0 Å². The molecular formula is C49H65Cl3N6O6. The average molecular weight is 940 g/mol. The Morgan fingerprint density at radius 1 is 1.00 bits per heavy atom. The first-order valence-corrected chi connectivity index (χ1v) is 24.0. The lowest BCUT2D eigenvalue weighted by Gasteiger charge is -2.69. The van der Waals surface area contributed by atoms with E-state index >= 15 is 0 Å². The van der Waals surface area contributed by atoms with Gasteiger partial charge in [-0.2, -0.15) is 4.98 Å². The molecule has 0 spiro atoms. The number of aliphatic hydroxyl groups excluding tert-OH is 2. The van der Waals surface area contributed by atoms with E-state index in [1.54, 1.807) is 12.3 Å². The van der Waals surface area contributed by atoms with E-state index in [1.165, 1.54) is 6.92 Å². The summed E-state index contributed by atoms with van der Waals surface area (Å²) in [6.07, 6.45) is 8.88. The molecule has 2 unspecified atom stereocenters. The Labute approximate surface area is 391 Å². The molecule has 0 amide bonds. The molecule has 4 saturated carbocycles. The largest absolute Gasteiger partial charge is 0.478 e. The van der Waals surface area contributed by atoms with Crippen molar-refractivity contribution in [1.29, 1.82) is 0 Å². The highest BCUT2D eigenvalue weighted by molar-refractivity contribution is 6.44. The topological polar surface area (TPSA) is 185 Å². The normalized spacial score (nSPS) is 31.6. The van der Waals surface area contributed by atoms with E-state index in [-0.39, 0.29) is 40.1 Å². The molecule has 64 heavy (non-hydrogen) atoms. The average Bonchev–Trinajstić information content (AvgIpc) is 3.86. The molecule has 348 valence electrons. The molecule has 4 aromatic rings. The van der Waals surface area contributed by atoms with E-state index in [9.17, 15) is 24.9 Å². The van der Waals surface area contributed by atoms with Crippen LogP contribution in [0.3, 0.4) is 0 Å². The van der Waals surface area contributed by atoms with Crippen LogP contribution in [-0.4, -0.2) is 78.6 Å². The molecule has 1 aromatic carbocycles. The highest BCUT2D eigenvalue weighted by Gasteiger charge is 2.70. The van der Waals surface area contributed by atoms with Crippen LogP contribution < -0.4 is 10.6 Å². The van der Waals surface area contributed by atoms with Gasteiger partial charge in [0.2, 0.25) is 5.95 Å². The maximum atomic E-state index is 12.6. The van der Waals surface area contributed by atoms with Crippen molar-refractivity contribution >= 4 is 74.8 Å². The number of hydrogen-bond donors (Lipinski definition) is 7. The van der Waals surface area contributed by atoms with Crippen LogP contribution in [-0.2, 0) is 20.9 Å². The number of benzene rings is 1. The second-order valence-electron chi connectivity index (χ2n) is 19.8. The molecule has 4 aliphatic rings. The summed E-state index contributed by atoms with van der Waals surface area (Å²) in [5.41, 5.74) is 4.94. The molecule has 0 saturated heterocycles. The molecule has 8 rings (SSSR count). The molecule has 3 heterocycles. The number of hydrogen-bond acceptors (Lipinski definition) is 9. The van der Waals surface area contributed by atoms with Crippen molar-refractivity contribution in [2.45, 2.75) is 131 Å². The van der Waals surface area contributed by atoms with E-state index in [0.717, 1.165) is 84.4 Å². The van der Waals surface area contributed by atoms with Gasteiger partial charge in [0.25, 0.3) is 0 Å². The van der Waals surface area contributed by atoms with Gasteiger partial charge in [-0.05, 0) is 148 Å². The Balaban J connectivity index is 0.000000201. The number of H-pyrrole nitrogens is 2. The Morgan fingerprint density at radius 3 is 2.47 bits per heavy atom. The number of carboxylic acid groups (broad SMARTS) is 1. The number of pyridine rings is 1. The summed E-state index contributed by atoms with van der Waals surface area (Å²) in [4.78, 5) is 39.9. The predicted octanol–water partition coefficient (Wildman–Crippen LogP) is 10.7. The Kier molecular flexibility index (Phi) is 14.6. The first kappa shape index (κ1) is 48.3. The fourth-order valence-electron chi connectivity index (χ4n) is 12.7. The van der Waals surface area contributed by atoms with Crippen LogP contribution in [0, 0.1) is 39.9 Å². The molecular weight excluding hydrogens is 875 g/mol. The van der Waals surface area contributed by atoms with Gasteiger partial charge in [0, 0.05) is 47.9 Å². The smallest absolute Gasteiger partial charge is 0.331 e. The number of fused-ring (bicyclic) bond motifs is 7. The van der Waals surface area contributed by atoms with Crippen LogP contribution in [0.25, 0.3) is 22.1 Å². The summed E-state index contributed by atoms with van der Waals surface area (Å²) in [6.45, 7) is 16.7. The van der Waals surface area contributed by atoms with Crippen molar-refractivity contribution < 1.29 is 29.6 Å². The summed E-state index contributed by atoms with van der Waals surface area (Å²) in [6, 6.07) is 7.35. The van der Waals surface area contributed by atoms with E-state index in [4.69, 9.17) is 39.5 Å². The SMILES string of the molecule is CC(=O)O[C@H]1C[C@@]2(C)[C@H](C[C@@H](O)C3[C@@]4(C)CC[C@@H](O)[C@@H](C)C4CC[C@@]32C)C1=C(CCC=C(C)C)C(=O)O.Clc1cc(Cl)c2c(Cl)c(CNCCCNc3nc4ncccc4[nH]3)[nH]c2c1. The molecule has 4 aliphatic carbocycles. The fourth-order valence-corrected chi connectivity index (χ4v) is 13.7. The van der Waals surface area contributed by atoms with Crippen molar-refractivity contribution in [2.75, 3.05) is 18.4 Å². The maximum Gasteiger partial charge on any atom is 0.331 e. The monoisotopic (exact) mass is 938 g/mol. The zero-order chi connectivity index (χ0) is 46.3. The van der Waals surface area contributed by atoms with Crippen LogP contribution in [0.4, 0.5) is 5.95 Å². The number of imidazole rings is 1. The van der Waals surface area contributed by atoms with Crippen molar-refractivity contribution in [3.63, 3.8) is 0 Å². The molecule has 3 aromatic heterocycles. The van der Waals surface area contributed by atoms with Crippen LogP contribution in [0.2, 0.25) is 15.1 Å². The van der Waals surface area contributed by atoms with E-state index in [1.807, 2.05) is 38.1 Å². The second-order valence-corrected chi connectivity index (χ2v) is 21.0. The van der Waals surface area contributed by atoms with Crippen LogP contribution in [0.1, 0.15) is 112 Å². The summed E-state index contributed by atoms with van der Waals surface area (Å²) >= 11 is 18.7. The quantitative estimate of drug-likeness (QED) is 0.0312. The highest BCUT2D eigenvalue weighted by atomic mass is 35.5. The number of nitrogens with one attached hydrogen (secondary N) is 4. The second kappa shape index (κ2) is 19.3. The van der Waals surface area contributed by atoms with Gasteiger partial charge in [-0.15, -0.1) is 0 Å². The van der Waals surface area contributed by atoms with Crippen molar-refractivity contribution in [3.8, 4) is 0 Å². The van der Waals surface area contributed by atoms with Gasteiger partial charge in [-0.25, -0.2) is 9.78 Å². The molecule has 0 aliphatic heterocycles. The number of rotatable bonds is 12. The number of aromatic nitrogens is 4. The third-order valence-electron chi connectivity index (χ3n) is 15.8. The van der Waals surface area contributed by atoms with Gasteiger partial charge in [0.05, 0.1) is 33.3 Å². The lowest BCUT2D eigenvalue weighted by atomic mass is 9.36. The maximum absolute atomic E-state index is 12.6. The number of allylic oxidation sites excluding steroid dienone is 2. The van der Waals surface area contributed by atoms with Gasteiger partial charge in [-0.3, -0.25) is 4.79 Å². The molecule has 15 heteroatoms. The van der Waals surface area contributed by atoms with E-state index < -0.39 is 24.1 Å². The lowest BCUT2D eigenvalue weighted by molar-refractivity contribution is -0.234. The summed E-state index contributed by atoms with van der Waals surface area (Å²) in [7, 11) is 0. The molecule has 4 fully saturated rings. The van der Waals surface area contributed by atoms with Crippen LogP contribution >= 0.6 is 34.8 Å². The summed E-state index contributed by atoms with van der Waals surface area (Å²) in [5, 5.41) is 42.1. The number of nitrogens with zero attached hydrogens (tertiary/aromatic N) is 2. The number of ether oxygens (including phenoxy) is 1. The number of carbonyl (C=O) groups excluding carboxylic acids is 1. The molecule has 7 N–H and O–H groups in total. The van der Waals surface area contributed by atoms with Gasteiger partial charge in [-0.1, -0.05) is 74.1 Å². The minimum atomic E-state index is -0.953. The molecule has 12 nitrogen and oxygen atoms in total. The molecule has 0 bridgehead atoms. The first-order valence-electron chi connectivity index (χ1n) is 22.8. The number of carbonyl (C=O) groups is 2. The summed E-state index contributed by atoms with van der Waals surface area (Å²) in [5.74, 6) is -0.179. The van der Waals surface area contributed by atoms with E-state index in [0.29, 0.717) is 64.4 Å². The van der Waals surface area contributed by atoms with Gasteiger partial charge < -0.3 is 40.7 Å². The number of esters is 1. The number of carboxylic acids is 1. The zero-order valence-corrected chi connectivity index (χ0v) is 40.4. The summed E-state index contributed by atoms with van der Waals surface area (Å²) < 4.78 is 5.87. The number of aliphatic hydroxyl groups is 2. The molecule has 0 radical (unpaired) electrons. The third kappa shape index (κ3) is 9.21. The minimum Gasteiger partial charge on any atom is -0.478 e. The Bertz CT molecular complexity index is 2400. The fraction of sp³-hybridized carbons (Fsp3) is 0.592. The number of anilines is 1. The van der Waals surface area contributed by atoms with Crippen molar-refractivity contribution in [2.24, 2.45) is 39.9 Å². The number of aliphatic carboxylic acids is 1. The number of aromatic amines is 2. The minimum absolute atomic E-state index is 0.0474. The number of halogens is 3. The van der Waals surface area contributed by atoms with Crippen molar-refractivity contribution in [3.05, 3.63) is 74.0 Å². The van der Waals surface area contributed by atoms with Crippen LogP contribution in [0.15, 0.2) is 53.3 Å². The Hall–Kier alpha value is -3.65. The van der Waals surface area contributed by atoms with Gasteiger partial charge in [0.1, 0.15) is 6.10 Å². The van der Waals surface area contributed by atoms with E-state index in [2.05, 4.69) is 58.3 Å². The third-order valence-corrected chi connectivity index (χ3v) is 16.7.